The quantitative estimate of drug-likeness (QED) is 0.487. The molecule has 0 saturated heterocycles. The van der Waals surface area contributed by atoms with Crippen LogP contribution in [0.5, 0.6) is 0 Å². The van der Waals surface area contributed by atoms with Crippen molar-refractivity contribution >= 4 is 24.3 Å². The Labute approximate surface area is 170 Å². The Balaban J connectivity index is 0.000000363. The van der Waals surface area contributed by atoms with Crippen molar-refractivity contribution in [3.8, 4) is 11.5 Å². The molecule has 1 unspecified atom stereocenters. The smallest absolute Gasteiger partial charge is 0.335 e. The normalized spacial score (nSPS) is 10.6. The topological polar surface area (TPSA) is 114 Å². The van der Waals surface area contributed by atoms with Gasteiger partial charge < -0.3 is 20.6 Å². The van der Waals surface area contributed by atoms with Crippen LogP contribution in [0.15, 0.2) is 52.9 Å². The van der Waals surface area contributed by atoms with Crippen LogP contribution in [-0.2, 0) is 0 Å². The fourth-order valence-corrected chi connectivity index (χ4v) is 2.09. The first-order valence-electron chi connectivity index (χ1n) is 8.52. The van der Waals surface area contributed by atoms with E-state index in [1.807, 2.05) is 18.2 Å². The molecule has 0 aliphatic heterocycles. The lowest BCUT2D eigenvalue weighted by Crippen LogP contribution is -2.04. The van der Waals surface area contributed by atoms with Crippen LogP contribution in [0.2, 0.25) is 0 Å². The van der Waals surface area contributed by atoms with E-state index in [0.29, 0.717) is 17.1 Å². The van der Waals surface area contributed by atoms with E-state index >= 15 is 0 Å². The van der Waals surface area contributed by atoms with Crippen LogP contribution in [-0.4, -0.2) is 34.6 Å². The van der Waals surface area contributed by atoms with Crippen molar-refractivity contribution in [2.24, 2.45) is 5.73 Å². The van der Waals surface area contributed by atoms with E-state index in [1.54, 1.807) is 26.3 Å². The minimum Gasteiger partial charge on any atom is -0.478 e. The van der Waals surface area contributed by atoms with Gasteiger partial charge in [-0.25, -0.2) is 4.79 Å². The van der Waals surface area contributed by atoms with Gasteiger partial charge >= 0.3 is 5.97 Å². The number of nitrogens with zero attached hydrogens (tertiary/aromatic N) is 2. The predicted molar refractivity (Wildman–Crippen MR) is 115 cm³/mol. The molecular weight excluding hydrogens is 376 g/mol. The Morgan fingerprint density at radius 3 is 2.25 bits per heavy atom. The Morgan fingerprint density at radius 1 is 1.18 bits per heavy atom. The molecule has 0 spiro atoms. The number of aromatic carboxylic acids is 1. The van der Waals surface area contributed by atoms with Gasteiger partial charge in [0.1, 0.15) is 0 Å². The number of rotatable bonds is 4. The molecule has 8 heteroatoms. The van der Waals surface area contributed by atoms with Crippen LogP contribution >= 0.6 is 12.6 Å². The van der Waals surface area contributed by atoms with E-state index in [1.165, 1.54) is 17.7 Å². The fourth-order valence-electron chi connectivity index (χ4n) is 2.09. The molecule has 0 fully saturated rings. The lowest BCUT2D eigenvalue weighted by Gasteiger charge is -2.04. The first kappa shape index (κ1) is 23.2. The number of hydrogen-bond acceptors (Lipinski definition) is 7. The molecule has 3 aromatic rings. The van der Waals surface area contributed by atoms with Gasteiger partial charge in [0.25, 0.3) is 0 Å². The number of carboxylic acid groups (broad SMARTS) is 1. The fraction of sp³-hybridized carbons (Fsp3) is 0.250. The summed E-state index contributed by atoms with van der Waals surface area (Å²) in [5, 5.41) is 19.6. The molecule has 0 aliphatic rings. The van der Waals surface area contributed by atoms with Crippen LogP contribution in [0.4, 0.5) is 5.69 Å². The number of aryl methyl sites for hydroxylation is 1. The summed E-state index contributed by atoms with van der Waals surface area (Å²) in [5.74, 6) is -0.473. The molecule has 0 aliphatic carbocycles. The highest BCUT2D eigenvalue weighted by Crippen LogP contribution is 2.25. The number of thiol groups is 1. The van der Waals surface area contributed by atoms with Gasteiger partial charge in [0.2, 0.25) is 11.8 Å². The molecule has 3 rings (SSSR count). The third-order valence-electron chi connectivity index (χ3n) is 3.49. The molecule has 0 amide bonds. The lowest BCUT2D eigenvalue weighted by molar-refractivity contribution is 0.0697. The third kappa shape index (κ3) is 7.05. The summed E-state index contributed by atoms with van der Waals surface area (Å²) in [6.07, 6.45) is 1.69. The number of benzene rings is 2. The van der Waals surface area contributed by atoms with Crippen molar-refractivity contribution in [3.05, 3.63) is 65.5 Å². The minimum absolute atomic E-state index is 0.141. The zero-order chi connectivity index (χ0) is 21.1. The van der Waals surface area contributed by atoms with Crippen LogP contribution in [0, 0.1) is 6.92 Å². The molecule has 0 saturated carbocycles. The van der Waals surface area contributed by atoms with E-state index in [4.69, 9.17) is 15.3 Å². The minimum atomic E-state index is -1.02. The number of carboxylic acids is 1. The maximum Gasteiger partial charge on any atom is 0.335 e. The average molecular weight is 403 g/mol. The van der Waals surface area contributed by atoms with Crippen LogP contribution in [0.3, 0.4) is 0 Å². The summed E-state index contributed by atoms with van der Waals surface area (Å²) in [5.41, 5.74) is 8.28. The van der Waals surface area contributed by atoms with E-state index in [2.05, 4.69) is 47.2 Å². The molecule has 1 atom stereocenters. The summed E-state index contributed by atoms with van der Waals surface area (Å²) in [6.45, 7) is 3.81. The Morgan fingerprint density at radius 2 is 1.82 bits per heavy atom. The van der Waals surface area contributed by atoms with Gasteiger partial charge in [-0.2, -0.15) is 12.6 Å². The zero-order valence-electron chi connectivity index (χ0n) is 16.4. The van der Waals surface area contributed by atoms with Gasteiger partial charge in [0, 0.05) is 18.3 Å². The van der Waals surface area contributed by atoms with Crippen molar-refractivity contribution in [1.29, 1.82) is 0 Å². The van der Waals surface area contributed by atoms with Gasteiger partial charge in [-0.05, 0) is 38.3 Å². The van der Waals surface area contributed by atoms with Crippen LogP contribution < -0.4 is 11.1 Å². The van der Waals surface area contributed by atoms with E-state index in [0.717, 1.165) is 0 Å². The maximum atomic E-state index is 11.1. The van der Waals surface area contributed by atoms with Gasteiger partial charge in [-0.3, -0.25) is 0 Å². The van der Waals surface area contributed by atoms with Crippen LogP contribution in [0.25, 0.3) is 11.5 Å². The number of anilines is 1. The van der Waals surface area contributed by atoms with Crippen molar-refractivity contribution in [2.45, 2.75) is 19.9 Å². The number of carbonyl (C=O) groups is 1. The SMILES string of the molecule is CNc1cc(C(=O)O)cc(-c2nnc(C(C)N)o2)c1.CS.Cc1ccccc1. The number of nitrogens with one attached hydrogen (secondary N) is 1. The molecule has 0 radical (unpaired) electrons. The molecule has 2 aromatic carbocycles. The van der Waals surface area contributed by atoms with E-state index in [-0.39, 0.29) is 17.5 Å². The summed E-state index contributed by atoms with van der Waals surface area (Å²) in [4.78, 5) is 11.1. The zero-order valence-corrected chi connectivity index (χ0v) is 17.3. The summed E-state index contributed by atoms with van der Waals surface area (Å²) in [7, 11) is 1.70. The monoisotopic (exact) mass is 402 g/mol. The van der Waals surface area contributed by atoms with Crippen molar-refractivity contribution < 1.29 is 14.3 Å². The second kappa shape index (κ2) is 11.8. The molecule has 28 heavy (non-hydrogen) atoms. The molecule has 1 heterocycles. The first-order chi connectivity index (χ1) is 13.4. The second-order valence-electron chi connectivity index (χ2n) is 5.74. The number of nitrogens with two attached hydrogens (primary N) is 1. The lowest BCUT2D eigenvalue weighted by atomic mass is 10.1. The highest BCUT2D eigenvalue weighted by atomic mass is 32.1. The van der Waals surface area contributed by atoms with Crippen molar-refractivity contribution in [1.82, 2.24) is 10.2 Å². The Kier molecular flexibility index (Phi) is 9.76. The van der Waals surface area contributed by atoms with Gasteiger partial charge in [0.05, 0.1) is 11.6 Å². The summed E-state index contributed by atoms with van der Waals surface area (Å²) >= 11 is 3.53. The predicted octanol–water partition coefficient (Wildman–Crippen LogP) is 4.04. The van der Waals surface area contributed by atoms with E-state index in [9.17, 15) is 4.79 Å². The summed E-state index contributed by atoms with van der Waals surface area (Å²) in [6, 6.07) is 14.6. The molecule has 1 aromatic heterocycles. The highest BCUT2D eigenvalue weighted by Gasteiger charge is 2.14. The van der Waals surface area contributed by atoms with Gasteiger partial charge in [-0.1, -0.05) is 35.9 Å². The molecule has 0 bridgehead atoms. The maximum absolute atomic E-state index is 11.1. The Hall–Kier alpha value is -2.84. The number of hydrogen-bond donors (Lipinski definition) is 4. The second-order valence-corrected chi connectivity index (χ2v) is 5.74. The number of aromatic nitrogens is 2. The standard InChI is InChI=1S/C12H14N4O3.C7H8.CH4S/c1-6(13)10-15-16-11(19-10)7-3-8(12(17)18)5-9(4-7)14-2;1-7-5-3-2-4-6-7;1-2/h3-6,14H,13H2,1-2H3,(H,17,18);2-6H,1H3;2H,1H3. The highest BCUT2D eigenvalue weighted by molar-refractivity contribution is 7.79. The first-order valence-corrected chi connectivity index (χ1v) is 9.42. The molecule has 150 valence electrons. The van der Waals surface area contributed by atoms with Crippen LogP contribution in [0.1, 0.15) is 34.8 Å². The Bertz CT molecular complexity index is 867. The van der Waals surface area contributed by atoms with Crippen molar-refractivity contribution in [2.75, 3.05) is 18.6 Å². The summed E-state index contributed by atoms with van der Waals surface area (Å²) < 4.78 is 5.40. The van der Waals surface area contributed by atoms with Crippen molar-refractivity contribution in [3.63, 3.8) is 0 Å². The molecular formula is C20H26N4O3S. The van der Waals surface area contributed by atoms with Gasteiger partial charge in [0.15, 0.2) is 0 Å². The van der Waals surface area contributed by atoms with Gasteiger partial charge in [-0.15, -0.1) is 10.2 Å². The van der Waals surface area contributed by atoms with E-state index < -0.39 is 5.97 Å². The largest absolute Gasteiger partial charge is 0.478 e. The molecule has 4 N–H and O–H groups in total. The third-order valence-corrected chi connectivity index (χ3v) is 3.49. The average Bonchev–Trinajstić information content (AvgIpc) is 3.21. The molecule has 7 nitrogen and oxygen atoms in total.